The van der Waals surface area contributed by atoms with Gasteiger partial charge in [0, 0.05) is 55.7 Å². The van der Waals surface area contributed by atoms with Crippen LogP contribution in [-0.2, 0) is 16.0 Å². The number of fused-ring (bicyclic) bond motifs is 1. The van der Waals surface area contributed by atoms with Gasteiger partial charge >= 0.3 is 0 Å². The van der Waals surface area contributed by atoms with Crippen molar-refractivity contribution >= 4 is 16.8 Å². The smallest absolute Gasteiger partial charge is 0.252 e. The average Bonchev–Trinajstić information content (AvgIpc) is 3.33. The van der Waals surface area contributed by atoms with E-state index in [2.05, 4.69) is 20.2 Å². The number of aromatic nitrogens is 2. The number of amides is 1. The van der Waals surface area contributed by atoms with E-state index in [0.717, 1.165) is 42.4 Å². The van der Waals surface area contributed by atoms with Crippen LogP contribution in [0.2, 0.25) is 0 Å². The summed E-state index contributed by atoms with van der Waals surface area (Å²) in [5.74, 6) is -0.378. The minimum absolute atomic E-state index is 0.0543. The molecule has 3 aromatic rings. The van der Waals surface area contributed by atoms with Crippen LogP contribution in [0, 0.1) is 5.82 Å². The van der Waals surface area contributed by atoms with Gasteiger partial charge in [0.15, 0.2) is 0 Å². The molecule has 0 saturated carbocycles. The topological polar surface area (TPSA) is 79.5 Å². The number of benzene rings is 1. The van der Waals surface area contributed by atoms with E-state index in [1.807, 2.05) is 6.20 Å². The molecule has 32 heavy (non-hydrogen) atoms. The van der Waals surface area contributed by atoms with Crippen LogP contribution in [0.5, 0.6) is 0 Å². The molecular formula is C24H27FN4O3. The Balaban J connectivity index is 1.22. The Morgan fingerprint density at radius 3 is 3.19 bits per heavy atom. The number of aromatic amines is 1. The van der Waals surface area contributed by atoms with E-state index in [4.69, 9.17) is 9.47 Å². The normalized spacial score (nSPS) is 24.1. The highest BCUT2D eigenvalue weighted by molar-refractivity contribution is 5.93. The SMILES string of the molecule is O=C(NC[C@H]1CC[C@@]2(COCCN(Cc3c[nH]c4ccc(F)cc34)C2)O1)c1cccnc1. The lowest BCUT2D eigenvalue weighted by Gasteiger charge is -2.32. The van der Waals surface area contributed by atoms with Crippen molar-refractivity contribution < 1.29 is 18.7 Å². The highest BCUT2D eigenvalue weighted by atomic mass is 19.1. The van der Waals surface area contributed by atoms with Gasteiger partial charge in [-0.15, -0.1) is 0 Å². The fourth-order valence-electron chi connectivity index (χ4n) is 4.71. The molecule has 2 aromatic heterocycles. The van der Waals surface area contributed by atoms with E-state index in [1.54, 1.807) is 36.7 Å². The van der Waals surface area contributed by atoms with E-state index in [-0.39, 0.29) is 17.8 Å². The largest absolute Gasteiger partial charge is 0.377 e. The van der Waals surface area contributed by atoms with E-state index in [1.165, 1.54) is 6.07 Å². The highest BCUT2D eigenvalue weighted by Crippen LogP contribution is 2.33. The summed E-state index contributed by atoms with van der Waals surface area (Å²) < 4.78 is 26.1. The molecule has 0 unspecified atom stereocenters. The molecular weight excluding hydrogens is 411 g/mol. The fraction of sp³-hybridized carbons (Fsp3) is 0.417. The van der Waals surface area contributed by atoms with Gasteiger partial charge in [-0.2, -0.15) is 0 Å². The van der Waals surface area contributed by atoms with Crippen LogP contribution in [0.15, 0.2) is 48.9 Å². The molecule has 2 fully saturated rings. The minimum Gasteiger partial charge on any atom is -0.377 e. The van der Waals surface area contributed by atoms with Crippen LogP contribution >= 0.6 is 0 Å². The molecule has 0 radical (unpaired) electrons. The van der Waals surface area contributed by atoms with Gasteiger partial charge in [-0.05, 0) is 48.7 Å². The molecule has 5 rings (SSSR count). The molecule has 1 aromatic carbocycles. The van der Waals surface area contributed by atoms with Crippen LogP contribution in [0.4, 0.5) is 4.39 Å². The van der Waals surface area contributed by atoms with Crippen molar-refractivity contribution in [3.05, 3.63) is 65.9 Å². The number of hydrogen-bond acceptors (Lipinski definition) is 5. The lowest BCUT2D eigenvalue weighted by Crippen LogP contribution is -2.45. The molecule has 4 heterocycles. The molecule has 2 aliphatic heterocycles. The number of nitrogens with one attached hydrogen (secondary N) is 2. The summed E-state index contributed by atoms with van der Waals surface area (Å²) in [7, 11) is 0. The van der Waals surface area contributed by atoms with Gasteiger partial charge in [0.2, 0.25) is 0 Å². The summed E-state index contributed by atoms with van der Waals surface area (Å²) >= 11 is 0. The second kappa shape index (κ2) is 8.97. The molecule has 2 saturated heterocycles. The first-order chi connectivity index (χ1) is 15.6. The molecule has 1 amide bonds. The first kappa shape index (κ1) is 21.1. The van der Waals surface area contributed by atoms with Crippen LogP contribution in [0.1, 0.15) is 28.8 Å². The summed E-state index contributed by atoms with van der Waals surface area (Å²) in [5.41, 5.74) is 2.15. The summed E-state index contributed by atoms with van der Waals surface area (Å²) in [6.45, 7) is 3.85. The van der Waals surface area contributed by atoms with Crippen LogP contribution in [0.25, 0.3) is 10.9 Å². The Labute approximate surface area is 185 Å². The van der Waals surface area contributed by atoms with Crippen LogP contribution < -0.4 is 5.32 Å². The molecule has 0 aliphatic carbocycles. The number of halogens is 1. The third-order valence-corrected chi connectivity index (χ3v) is 6.30. The number of carbonyl (C=O) groups is 1. The summed E-state index contributed by atoms with van der Waals surface area (Å²) in [6.07, 6.45) is 6.84. The quantitative estimate of drug-likeness (QED) is 0.641. The summed E-state index contributed by atoms with van der Waals surface area (Å²) in [4.78, 5) is 21.9. The van der Waals surface area contributed by atoms with Crippen molar-refractivity contribution in [2.75, 3.05) is 32.8 Å². The molecule has 1 spiro atoms. The predicted molar refractivity (Wildman–Crippen MR) is 118 cm³/mol. The molecule has 2 atom stereocenters. The Kier molecular flexibility index (Phi) is 5.91. The summed E-state index contributed by atoms with van der Waals surface area (Å²) in [5, 5.41) is 3.86. The lowest BCUT2D eigenvalue weighted by molar-refractivity contribution is -0.0849. The Bertz CT molecular complexity index is 1090. The van der Waals surface area contributed by atoms with E-state index < -0.39 is 5.60 Å². The Morgan fingerprint density at radius 2 is 2.31 bits per heavy atom. The zero-order valence-corrected chi connectivity index (χ0v) is 17.9. The maximum Gasteiger partial charge on any atom is 0.252 e. The Morgan fingerprint density at radius 1 is 1.38 bits per heavy atom. The van der Waals surface area contributed by atoms with Gasteiger partial charge in [-0.1, -0.05) is 0 Å². The third-order valence-electron chi connectivity index (χ3n) is 6.30. The highest BCUT2D eigenvalue weighted by Gasteiger charge is 2.43. The second-order valence-electron chi connectivity index (χ2n) is 8.68. The lowest BCUT2D eigenvalue weighted by atomic mass is 9.99. The van der Waals surface area contributed by atoms with Crippen LogP contribution in [0.3, 0.4) is 0 Å². The number of nitrogens with zero attached hydrogens (tertiary/aromatic N) is 2. The van der Waals surface area contributed by atoms with Crippen molar-refractivity contribution in [2.45, 2.75) is 31.1 Å². The van der Waals surface area contributed by atoms with Crippen molar-refractivity contribution in [2.24, 2.45) is 0 Å². The predicted octanol–water partition coefficient (Wildman–Crippen LogP) is 2.88. The van der Waals surface area contributed by atoms with Gasteiger partial charge in [-0.3, -0.25) is 14.7 Å². The number of H-pyrrole nitrogens is 1. The molecule has 8 heteroatoms. The minimum atomic E-state index is -0.391. The van der Waals surface area contributed by atoms with E-state index in [0.29, 0.717) is 31.9 Å². The third kappa shape index (κ3) is 4.53. The number of hydrogen-bond donors (Lipinski definition) is 2. The van der Waals surface area contributed by atoms with Crippen molar-refractivity contribution in [1.82, 2.24) is 20.2 Å². The first-order valence-electron chi connectivity index (χ1n) is 11.0. The average molecular weight is 439 g/mol. The first-order valence-corrected chi connectivity index (χ1v) is 11.0. The maximum atomic E-state index is 13.8. The van der Waals surface area contributed by atoms with Crippen molar-refractivity contribution in [1.29, 1.82) is 0 Å². The monoisotopic (exact) mass is 438 g/mol. The maximum absolute atomic E-state index is 13.8. The molecule has 168 valence electrons. The number of pyridine rings is 1. The van der Waals surface area contributed by atoms with Gasteiger partial charge < -0.3 is 19.8 Å². The van der Waals surface area contributed by atoms with Crippen molar-refractivity contribution in [3.8, 4) is 0 Å². The second-order valence-corrected chi connectivity index (χ2v) is 8.68. The molecule has 2 N–H and O–H groups in total. The number of rotatable bonds is 5. The molecule has 7 nitrogen and oxygen atoms in total. The van der Waals surface area contributed by atoms with Crippen molar-refractivity contribution in [3.63, 3.8) is 0 Å². The fourth-order valence-corrected chi connectivity index (χ4v) is 4.71. The van der Waals surface area contributed by atoms with Crippen LogP contribution in [-0.4, -0.2) is 65.3 Å². The van der Waals surface area contributed by atoms with Gasteiger partial charge in [-0.25, -0.2) is 4.39 Å². The molecule has 2 aliphatic rings. The number of carbonyl (C=O) groups excluding carboxylic acids is 1. The summed E-state index contributed by atoms with van der Waals surface area (Å²) in [6, 6.07) is 8.31. The zero-order valence-electron chi connectivity index (χ0n) is 17.9. The standard InChI is InChI=1S/C24H27FN4O3/c25-19-3-4-22-21(10-19)18(12-27-22)14-29-8-9-31-16-24(15-29)6-5-20(32-24)13-28-23(30)17-2-1-7-26-11-17/h1-4,7,10-12,20,27H,5-6,8-9,13-16H2,(H,28,30)/t20-,24-/m1/s1. The molecule has 0 bridgehead atoms. The zero-order chi connectivity index (χ0) is 22.0. The number of ether oxygens (including phenoxy) is 2. The van der Waals surface area contributed by atoms with Gasteiger partial charge in [0.25, 0.3) is 5.91 Å². The van der Waals surface area contributed by atoms with Gasteiger partial charge in [0.05, 0.1) is 24.9 Å². The van der Waals surface area contributed by atoms with Gasteiger partial charge in [0.1, 0.15) is 11.4 Å². The van der Waals surface area contributed by atoms with E-state index >= 15 is 0 Å². The Hall–Kier alpha value is -2.81. The van der Waals surface area contributed by atoms with E-state index in [9.17, 15) is 9.18 Å².